The molecule has 21 heavy (non-hydrogen) atoms. The molecule has 108 valence electrons. The Bertz CT molecular complexity index is 826. The minimum atomic E-state index is -0.888. The van der Waals surface area contributed by atoms with E-state index in [0.717, 1.165) is 12.1 Å². The molecular formula is C16H12F3NO. The maximum atomic E-state index is 13.8. The van der Waals surface area contributed by atoms with Crippen LogP contribution in [-0.4, -0.2) is 0 Å². The Kier molecular flexibility index (Phi) is 3.22. The summed E-state index contributed by atoms with van der Waals surface area (Å²) >= 11 is 0. The molecule has 1 aromatic heterocycles. The lowest BCUT2D eigenvalue weighted by molar-refractivity contribution is 0.501. The molecule has 0 fully saturated rings. The number of fused-ring (bicyclic) bond motifs is 1. The Balaban J connectivity index is 2.13. The van der Waals surface area contributed by atoms with Crippen LogP contribution in [0.3, 0.4) is 0 Å². The molecule has 1 atom stereocenters. The van der Waals surface area contributed by atoms with Crippen LogP contribution < -0.4 is 5.73 Å². The van der Waals surface area contributed by atoms with Gasteiger partial charge in [-0.05, 0) is 25.1 Å². The number of rotatable bonds is 2. The van der Waals surface area contributed by atoms with Gasteiger partial charge in [-0.2, -0.15) is 0 Å². The van der Waals surface area contributed by atoms with Crippen LogP contribution in [0.2, 0.25) is 0 Å². The van der Waals surface area contributed by atoms with Crippen LogP contribution in [0.15, 0.2) is 40.8 Å². The van der Waals surface area contributed by atoms with Crippen molar-refractivity contribution < 1.29 is 17.6 Å². The molecule has 0 aliphatic rings. The lowest BCUT2D eigenvalue weighted by Crippen LogP contribution is -2.14. The highest BCUT2D eigenvalue weighted by Crippen LogP contribution is 2.32. The van der Waals surface area contributed by atoms with Gasteiger partial charge in [-0.1, -0.05) is 6.07 Å². The van der Waals surface area contributed by atoms with Gasteiger partial charge in [0, 0.05) is 28.6 Å². The van der Waals surface area contributed by atoms with Crippen LogP contribution in [0.5, 0.6) is 0 Å². The number of benzene rings is 2. The van der Waals surface area contributed by atoms with E-state index in [0.29, 0.717) is 22.3 Å². The maximum Gasteiger partial charge on any atom is 0.137 e. The van der Waals surface area contributed by atoms with Gasteiger partial charge in [-0.25, -0.2) is 13.2 Å². The summed E-state index contributed by atoms with van der Waals surface area (Å²) < 4.78 is 45.5. The van der Waals surface area contributed by atoms with E-state index in [1.54, 1.807) is 13.0 Å². The summed E-state index contributed by atoms with van der Waals surface area (Å²) in [6, 6.07) is 6.45. The minimum Gasteiger partial charge on any atom is -0.459 e. The molecule has 3 aromatic rings. The highest BCUT2D eigenvalue weighted by atomic mass is 19.1. The van der Waals surface area contributed by atoms with Gasteiger partial charge in [0.15, 0.2) is 0 Å². The Labute approximate surface area is 119 Å². The predicted molar refractivity (Wildman–Crippen MR) is 73.3 cm³/mol. The summed E-state index contributed by atoms with van der Waals surface area (Å²) in [5, 5.41) is 0.712. The van der Waals surface area contributed by atoms with Crippen LogP contribution in [0, 0.1) is 24.4 Å². The van der Waals surface area contributed by atoms with Crippen LogP contribution in [0.25, 0.3) is 11.0 Å². The first-order valence-corrected chi connectivity index (χ1v) is 6.36. The van der Waals surface area contributed by atoms with Crippen LogP contribution in [0.4, 0.5) is 13.2 Å². The molecule has 0 amide bonds. The summed E-state index contributed by atoms with van der Waals surface area (Å²) in [7, 11) is 0. The molecule has 5 heteroatoms. The van der Waals surface area contributed by atoms with Crippen molar-refractivity contribution >= 4 is 11.0 Å². The number of aryl methyl sites for hydroxylation is 1. The Morgan fingerprint density at radius 1 is 1.00 bits per heavy atom. The van der Waals surface area contributed by atoms with Gasteiger partial charge in [0.25, 0.3) is 0 Å². The first-order valence-electron chi connectivity index (χ1n) is 6.36. The van der Waals surface area contributed by atoms with Crippen molar-refractivity contribution in [3.63, 3.8) is 0 Å². The third kappa shape index (κ3) is 2.29. The topological polar surface area (TPSA) is 39.2 Å². The largest absolute Gasteiger partial charge is 0.459 e. The molecule has 0 aliphatic heterocycles. The van der Waals surface area contributed by atoms with Crippen LogP contribution in [0.1, 0.15) is 22.9 Å². The quantitative estimate of drug-likeness (QED) is 0.768. The van der Waals surface area contributed by atoms with Crippen molar-refractivity contribution in [1.82, 2.24) is 0 Å². The molecule has 0 aliphatic carbocycles. The second-order valence-corrected chi connectivity index (χ2v) is 4.88. The van der Waals surface area contributed by atoms with E-state index in [1.165, 1.54) is 18.2 Å². The lowest BCUT2D eigenvalue weighted by atomic mass is 10.0. The molecule has 0 radical (unpaired) electrons. The normalized spacial score (nSPS) is 12.8. The van der Waals surface area contributed by atoms with E-state index in [9.17, 15) is 13.2 Å². The summed E-state index contributed by atoms with van der Waals surface area (Å²) in [5.41, 5.74) is 7.20. The summed E-state index contributed by atoms with van der Waals surface area (Å²) in [6.45, 7) is 1.76. The van der Waals surface area contributed by atoms with E-state index in [1.807, 2.05) is 0 Å². The second kappa shape index (κ2) is 4.93. The van der Waals surface area contributed by atoms with E-state index < -0.39 is 23.5 Å². The molecule has 1 unspecified atom stereocenters. The monoisotopic (exact) mass is 291 g/mol. The number of halogens is 3. The van der Waals surface area contributed by atoms with Gasteiger partial charge in [-0.15, -0.1) is 0 Å². The lowest BCUT2D eigenvalue weighted by Gasteiger charge is -2.11. The van der Waals surface area contributed by atoms with Crippen molar-refractivity contribution in [1.29, 1.82) is 0 Å². The standard InChI is InChI=1S/C16H12F3NO/c1-8-11-4-2-10(18)7-14(11)21-16(8)15(20)12-5-3-9(17)6-13(12)19/h2-7,15H,20H2,1H3. The van der Waals surface area contributed by atoms with E-state index in [4.69, 9.17) is 10.2 Å². The van der Waals surface area contributed by atoms with Crippen molar-refractivity contribution in [3.8, 4) is 0 Å². The van der Waals surface area contributed by atoms with E-state index >= 15 is 0 Å². The molecule has 2 aromatic carbocycles. The summed E-state index contributed by atoms with van der Waals surface area (Å²) in [5.74, 6) is -1.51. The van der Waals surface area contributed by atoms with Crippen LogP contribution in [-0.2, 0) is 0 Å². The fourth-order valence-electron chi connectivity index (χ4n) is 2.41. The second-order valence-electron chi connectivity index (χ2n) is 4.88. The highest BCUT2D eigenvalue weighted by molar-refractivity contribution is 5.82. The molecule has 0 saturated carbocycles. The fraction of sp³-hybridized carbons (Fsp3) is 0.125. The predicted octanol–water partition coefficient (Wildman–Crippen LogP) is 4.21. The van der Waals surface area contributed by atoms with Gasteiger partial charge in [-0.3, -0.25) is 0 Å². The smallest absolute Gasteiger partial charge is 0.137 e. The molecular weight excluding hydrogens is 279 g/mol. The van der Waals surface area contributed by atoms with Gasteiger partial charge < -0.3 is 10.2 Å². The Hall–Kier alpha value is -2.27. The highest BCUT2D eigenvalue weighted by Gasteiger charge is 2.21. The van der Waals surface area contributed by atoms with E-state index in [-0.39, 0.29) is 5.56 Å². The first-order chi connectivity index (χ1) is 9.97. The zero-order chi connectivity index (χ0) is 15.1. The zero-order valence-corrected chi connectivity index (χ0v) is 11.2. The zero-order valence-electron chi connectivity index (χ0n) is 11.2. The SMILES string of the molecule is Cc1c(C(N)c2ccc(F)cc2F)oc2cc(F)ccc12. The number of hydrogen-bond donors (Lipinski definition) is 1. The molecule has 1 heterocycles. The third-order valence-electron chi connectivity index (χ3n) is 3.52. The molecule has 2 N–H and O–H groups in total. The average Bonchev–Trinajstić information content (AvgIpc) is 2.75. The van der Waals surface area contributed by atoms with Crippen molar-refractivity contribution in [2.75, 3.05) is 0 Å². The number of hydrogen-bond acceptors (Lipinski definition) is 2. The molecule has 3 rings (SSSR count). The van der Waals surface area contributed by atoms with Gasteiger partial charge in [0.1, 0.15) is 28.8 Å². The third-order valence-corrected chi connectivity index (χ3v) is 3.52. The summed E-state index contributed by atoms with van der Waals surface area (Å²) in [6.07, 6.45) is 0. The number of furan rings is 1. The van der Waals surface area contributed by atoms with Gasteiger partial charge >= 0.3 is 0 Å². The van der Waals surface area contributed by atoms with Crippen LogP contribution >= 0.6 is 0 Å². The average molecular weight is 291 g/mol. The van der Waals surface area contributed by atoms with Crippen molar-refractivity contribution in [3.05, 3.63) is 70.7 Å². The molecule has 0 saturated heterocycles. The maximum absolute atomic E-state index is 13.8. The molecule has 0 bridgehead atoms. The first kappa shape index (κ1) is 13.7. The fourth-order valence-corrected chi connectivity index (χ4v) is 2.41. The van der Waals surface area contributed by atoms with Crippen molar-refractivity contribution in [2.24, 2.45) is 5.73 Å². The minimum absolute atomic E-state index is 0.124. The number of nitrogens with two attached hydrogens (primary N) is 1. The Morgan fingerprint density at radius 2 is 1.67 bits per heavy atom. The van der Waals surface area contributed by atoms with E-state index in [2.05, 4.69) is 0 Å². The van der Waals surface area contributed by atoms with Gasteiger partial charge in [0.05, 0.1) is 6.04 Å². The summed E-state index contributed by atoms with van der Waals surface area (Å²) in [4.78, 5) is 0. The Morgan fingerprint density at radius 3 is 2.38 bits per heavy atom. The van der Waals surface area contributed by atoms with Crippen molar-refractivity contribution in [2.45, 2.75) is 13.0 Å². The van der Waals surface area contributed by atoms with Gasteiger partial charge in [0.2, 0.25) is 0 Å². The molecule has 2 nitrogen and oxygen atoms in total. The molecule has 0 spiro atoms.